The Morgan fingerprint density at radius 1 is 1.26 bits per heavy atom. The summed E-state index contributed by atoms with van der Waals surface area (Å²) >= 11 is 1.23. The van der Waals surface area contributed by atoms with Gasteiger partial charge in [-0.15, -0.1) is 11.8 Å². The number of carbonyl (C=O) groups excluding carboxylic acids is 2. The van der Waals surface area contributed by atoms with Crippen molar-refractivity contribution in [3.8, 4) is 5.75 Å². The number of thioether (sulfide) groups is 1. The summed E-state index contributed by atoms with van der Waals surface area (Å²) in [6.45, 7) is 8.83. The van der Waals surface area contributed by atoms with Crippen molar-refractivity contribution in [2.24, 2.45) is 0 Å². The number of esters is 1. The predicted octanol–water partition coefficient (Wildman–Crippen LogP) is 3.66. The number of rotatable bonds is 7. The van der Waals surface area contributed by atoms with Gasteiger partial charge in [0.2, 0.25) is 0 Å². The molecular weight excluding hydrogens is 427 g/mol. The molecule has 31 heavy (non-hydrogen) atoms. The quantitative estimate of drug-likeness (QED) is 0.373. The average Bonchev–Trinajstić information content (AvgIpc) is 2.66. The third-order valence-corrected chi connectivity index (χ3v) is 5.18. The first kappa shape index (κ1) is 24.5. The van der Waals surface area contributed by atoms with Crippen LogP contribution in [-0.2, 0) is 16.0 Å². The summed E-state index contributed by atoms with van der Waals surface area (Å²) in [6, 6.07) is 2.65. The number of nitrogens with one attached hydrogen (secondary N) is 1. The minimum Gasteiger partial charge on any atom is -0.506 e. The highest BCUT2D eigenvalue weighted by atomic mass is 32.2. The van der Waals surface area contributed by atoms with E-state index in [9.17, 15) is 23.9 Å². The van der Waals surface area contributed by atoms with Crippen LogP contribution in [0.15, 0.2) is 21.8 Å². The number of alkyl carbamates (subject to hydrolysis) is 1. The first-order valence-electron chi connectivity index (χ1n) is 9.86. The zero-order valence-electron chi connectivity index (χ0n) is 18.2. The summed E-state index contributed by atoms with van der Waals surface area (Å²) in [4.78, 5) is 37.2. The third-order valence-electron chi connectivity index (χ3n) is 4.12. The van der Waals surface area contributed by atoms with Gasteiger partial charge in [-0.1, -0.05) is 0 Å². The summed E-state index contributed by atoms with van der Waals surface area (Å²) in [5.74, 6) is -1.92. The van der Waals surface area contributed by atoms with Gasteiger partial charge in [0, 0.05) is 23.7 Å². The van der Waals surface area contributed by atoms with E-state index in [1.165, 1.54) is 23.9 Å². The van der Waals surface area contributed by atoms with Gasteiger partial charge in [-0.05, 0) is 46.8 Å². The van der Waals surface area contributed by atoms with Gasteiger partial charge in [-0.25, -0.2) is 14.0 Å². The summed E-state index contributed by atoms with van der Waals surface area (Å²) in [6.07, 6.45) is -0.565. The summed E-state index contributed by atoms with van der Waals surface area (Å²) < 4.78 is 25.8. The highest BCUT2D eigenvalue weighted by Crippen LogP contribution is 2.36. The molecule has 0 unspecified atom stereocenters. The van der Waals surface area contributed by atoms with Crippen molar-refractivity contribution in [2.75, 3.05) is 18.9 Å². The Morgan fingerprint density at radius 2 is 1.94 bits per heavy atom. The maximum Gasteiger partial charge on any atom is 0.407 e. The van der Waals surface area contributed by atoms with Gasteiger partial charge < -0.3 is 24.5 Å². The second kappa shape index (κ2) is 10.0. The molecule has 0 spiro atoms. The van der Waals surface area contributed by atoms with Crippen LogP contribution in [0.5, 0.6) is 5.75 Å². The second-order valence-corrected chi connectivity index (χ2v) is 8.68. The van der Waals surface area contributed by atoms with Gasteiger partial charge in [0.05, 0.1) is 17.5 Å². The van der Waals surface area contributed by atoms with Crippen LogP contribution in [0.3, 0.4) is 0 Å². The van der Waals surface area contributed by atoms with Crippen molar-refractivity contribution in [3.63, 3.8) is 0 Å². The number of ether oxygens (including phenoxy) is 2. The fraction of sp³-hybridized carbons (Fsp3) is 0.476. The van der Waals surface area contributed by atoms with Crippen LogP contribution < -0.4 is 10.9 Å². The lowest BCUT2D eigenvalue weighted by Crippen LogP contribution is -2.33. The Balaban J connectivity index is 2.41. The lowest BCUT2D eigenvalue weighted by molar-refractivity contribution is 0.0513. The van der Waals surface area contributed by atoms with E-state index in [2.05, 4.69) is 5.32 Å². The molecule has 0 aliphatic carbocycles. The number of aryl methyl sites for hydroxylation is 1. The molecule has 0 atom stereocenters. The molecular formula is C21H27FN2O6S. The molecule has 1 aromatic heterocycles. The topological polar surface area (TPSA) is 107 Å². The van der Waals surface area contributed by atoms with Crippen molar-refractivity contribution in [1.29, 1.82) is 0 Å². The Bertz CT molecular complexity index is 1050. The summed E-state index contributed by atoms with van der Waals surface area (Å²) in [5, 5.41) is 13.4. The smallest absolute Gasteiger partial charge is 0.407 e. The van der Waals surface area contributed by atoms with Crippen LogP contribution >= 0.6 is 11.8 Å². The zero-order valence-corrected chi connectivity index (χ0v) is 19.0. The number of halogens is 1. The number of carbonyl (C=O) groups is 2. The second-order valence-electron chi connectivity index (χ2n) is 7.54. The monoisotopic (exact) mass is 454 g/mol. The van der Waals surface area contributed by atoms with E-state index in [-0.39, 0.29) is 30.6 Å². The Labute approximate surface area is 183 Å². The lowest BCUT2D eigenvalue weighted by Gasteiger charge is -2.19. The molecule has 1 amide bonds. The average molecular weight is 455 g/mol. The van der Waals surface area contributed by atoms with Crippen LogP contribution in [-0.4, -0.2) is 46.2 Å². The van der Waals surface area contributed by atoms with Gasteiger partial charge >= 0.3 is 12.1 Å². The predicted molar refractivity (Wildman–Crippen MR) is 116 cm³/mol. The van der Waals surface area contributed by atoms with Crippen LogP contribution in [0.2, 0.25) is 0 Å². The number of hydrogen-bond donors (Lipinski definition) is 2. The van der Waals surface area contributed by atoms with Gasteiger partial charge in [0.15, 0.2) is 5.56 Å². The minimum atomic E-state index is -0.971. The molecule has 2 N–H and O–H groups in total. The summed E-state index contributed by atoms with van der Waals surface area (Å²) in [7, 11) is 0. The van der Waals surface area contributed by atoms with Crippen LogP contribution in [0.4, 0.5) is 9.18 Å². The molecule has 0 radical (unpaired) electrons. The SMILES string of the molecule is CCOC(=O)c1c(O)c2c(SCCNC(=O)OC(C)(C)C)ccc(F)c2n(CC)c1=O. The molecule has 0 saturated carbocycles. The molecule has 2 aromatic rings. The summed E-state index contributed by atoms with van der Waals surface area (Å²) in [5.41, 5.74) is -2.07. The van der Waals surface area contributed by atoms with Gasteiger partial charge in [0.25, 0.3) is 5.56 Å². The van der Waals surface area contributed by atoms with Gasteiger partial charge in [-0.3, -0.25) is 4.79 Å². The molecule has 0 saturated heterocycles. The Kier molecular flexibility index (Phi) is 7.94. The highest BCUT2D eigenvalue weighted by Gasteiger charge is 2.26. The van der Waals surface area contributed by atoms with E-state index in [4.69, 9.17) is 9.47 Å². The first-order valence-corrected chi connectivity index (χ1v) is 10.8. The number of aromatic hydroxyl groups is 1. The number of aromatic nitrogens is 1. The standard InChI is InChI=1S/C21H27FN2O6S/c1-6-24-16-12(22)8-9-13(31-11-10-23-20(28)30-21(3,4)5)14(16)17(25)15(18(24)26)19(27)29-7-2/h8-9,25H,6-7,10-11H2,1-5H3,(H,23,28). The van der Waals surface area contributed by atoms with Crippen molar-refractivity contribution in [1.82, 2.24) is 9.88 Å². The molecule has 8 nitrogen and oxygen atoms in total. The molecule has 1 heterocycles. The fourth-order valence-corrected chi connectivity index (χ4v) is 3.87. The van der Waals surface area contributed by atoms with Crippen LogP contribution in [0.1, 0.15) is 45.0 Å². The van der Waals surface area contributed by atoms with E-state index in [0.29, 0.717) is 10.6 Å². The van der Waals surface area contributed by atoms with E-state index in [0.717, 1.165) is 4.57 Å². The van der Waals surface area contributed by atoms with E-state index >= 15 is 0 Å². The maximum absolute atomic E-state index is 14.6. The van der Waals surface area contributed by atoms with Gasteiger partial charge in [-0.2, -0.15) is 0 Å². The number of benzene rings is 1. The highest BCUT2D eigenvalue weighted by molar-refractivity contribution is 7.99. The molecule has 170 valence electrons. The first-order chi connectivity index (χ1) is 14.5. The largest absolute Gasteiger partial charge is 0.506 e. The lowest BCUT2D eigenvalue weighted by atomic mass is 10.1. The van der Waals surface area contributed by atoms with E-state index in [1.54, 1.807) is 34.6 Å². The molecule has 0 aliphatic rings. The number of hydrogen-bond acceptors (Lipinski definition) is 7. The van der Waals surface area contributed by atoms with Crippen LogP contribution in [0, 0.1) is 5.82 Å². The van der Waals surface area contributed by atoms with E-state index in [1.807, 2.05) is 0 Å². The number of fused-ring (bicyclic) bond motifs is 1. The molecule has 1 aromatic carbocycles. The van der Waals surface area contributed by atoms with Crippen molar-refractivity contribution >= 4 is 34.7 Å². The normalized spacial score (nSPS) is 11.4. The molecule has 2 rings (SSSR count). The van der Waals surface area contributed by atoms with E-state index < -0.39 is 40.4 Å². The molecule has 10 heteroatoms. The number of nitrogens with zero attached hydrogens (tertiary/aromatic N) is 1. The van der Waals surface area contributed by atoms with Crippen molar-refractivity contribution in [3.05, 3.63) is 33.9 Å². The Morgan fingerprint density at radius 3 is 2.52 bits per heavy atom. The zero-order chi connectivity index (χ0) is 23.3. The third kappa shape index (κ3) is 5.69. The minimum absolute atomic E-state index is 0.0168. The van der Waals surface area contributed by atoms with Crippen LogP contribution in [0.25, 0.3) is 10.9 Å². The number of pyridine rings is 1. The maximum atomic E-state index is 14.6. The van der Waals surface area contributed by atoms with Crippen molar-refractivity contribution < 1.29 is 28.6 Å². The number of amides is 1. The molecule has 0 fully saturated rings. The Hall–Kier alpha value is -2.75. The molecule has 0 aliphatic heterocycles. The van der Waals surface area contributed by atoms with Gasteiger partial charge in [0.1, 0.15) is 17.2 Å². The fourth-order valence-electron chi connectivity index (χ4n) is 2.94. The molecule has 0 bridgehead atoms. The van der Waals surface area contributed by atoms with Crippen molar-refractivity contribution in [2.45, 2.75) is 51.7 Å².